The summed E-state index contributed by atoms with van der Waals surface area (Å²) in [6.45, 7) is 2.67. The van der Waals surface area contributed by atoms with Crippen LogP contribution in [0.3, 0.4) is 0 Å². The van der Waals surface area contributed by atoms with Gasteiger partial charge in [0.05, 0.1) is 11.1 Å². The number of aromatic hydroxyl groups is 1. The normalized spacial score (nSPS) is 10.3. The minimum Gasteiger partial charge on any atom is -0.507 e. The summed E-state index contributed by atoms with van der Waals surface area (Å²) in [5.74, 6) is -0.532. The highest BCUT2D eigenvalue weighted by Crippen LogP contribution is 2.32. The fraction of sp³-hybridized carbons (Fsp3) is 0.211. The van der Waals surface area contributed by atoms with E-state index in [4.69, 9.17) is 10.8 Å². The lowest BCUT2D eigenvalue weighted by Crippen LogP contribution is -2.04. The Balaban J connectivity index is 0.000000198. The van der Waals surface area contributed by atoms with Crippen molar-refractivity contribution in [3.8, 4) is 5.75 Å². The Labute approximate surface area is 141 Å². The van der Waals surface area contributed by atoms with Gasteiger partial charge in [-0.25, -0.2) is 4.79 Å². The van der Waals surface area contributed by atoms with Crippen molar-refractivity contribution in [2.24, 2.45) is 12.8 Å². The predicted octanol–water partition coefficient (Wildman–Crippen LogP) is 3.08. The molecule has 0 fully saturated rings. The van der Waals surface area contributed by atoms with Crippen LogP contribution in [-0.4, -0.2) is 27.3 Å². The molecular formula is C19H22N2O3. The third-order valence-electron chi connectivity index (χ3n) is 4.04. The Bertz CT molecular complexity index is 839. The number of rotatable bonds is 3. The van der Waals surface area contributed by atoms with E-state index in [0.717, 1.165) is 22.9 Å². The van der Waals surface area contributed by atoms with Gasteiger partial charge in [0.15, 0.2) is 0 Å². The van der Waals surface area contributed by atoms with Crippen LogP contribution in [0, 0.1) is 6.92 Å². The van der Waals surface area contributed by atoms with Crippen molar-refractivity contribution < 1.29 is 15.0 Å². The molecule has 0 spiro atoms. The first kappa shape index (κ1) is 17.6. The van der Waals surface area contributed by atoms with Gasteiger partial charge in [-0.3, -0.25) is 0 Å². The number of carboxylic acid groups (broad SMARTS) is 1. The number of phenolic OH excluding ortho intramolecular Hbond substituents is 1. The molecule has 0 atom stereocenters. The van der Waals surface area contributed by atoms with Crippen LogP contribution >= 0.6 is 0 Å². The predicted molar refractivity (Wildman–Crippen MR) is 95.5 cm³/mol. The molecule has 4 N–H and O–H groups in total. The molecule has 2 aromatic carbocycles. The summed E-state index contributed by atoms with van der Waals surface area (Å²) in [5, 5.41) is 19.2. The summed E-state index contributed by atoms with van der Waals surface area (Å²) in [6, 6.07) is 13.9. The third-order valence-corrected chi connectivity index (χ3v) is 4.04. The van der Waals surface area contributed by atoms with E-state index in [1.807, 2.05) is 19.2 Å². The second-order valence-electron chi connectivity index (χ2n) is 5.50. The average molecular weight is 326 g/mol. The van der Waals surface area contributed by atoms with Crippen molar-refractivity contribution in [2.45, 2.75) is 13.3 Å². The largest absolute Gasteiger partial charge is 0.507 e. The lowest BCUT2D eigenvalue weighted by molar-refractivity contribution is 0.0697. The SMILES string of the molecule is Cc1c(CCN)c2c(O)cccc2n1C.O=C(O)c1ccccc1. The van der Waals surface area contributed by atoms with E-state index in [0.29, 0.717) is 17.9 Å². The number of aromatic nitrogens is 1. The molecule has 0 saturated heterocycles. The second kappa shape index (κ2) is 7.66. The molecule has 5 nitrogen and oxygen atoms in total. The van der Waals surface area contributed by atoms with Gasteiger partial charge >= 0.3 is 5.97 Å². The molecule has 1 aromatic heterocycles. The van der Waals surface area contributed by atoms with E-state index in [1.165, 1.54) is 5.69 Å². The van der Waals surface area contributed by atoms with E-state index in [1.54, 1.807) is 36.4 Å². The van der Waals surface area contributed by atoms with E-state index in [-0.39, 0.29) is 0 Å². The molecule has 0 amide bonds. The Morgan fingerprint density at radius 3 is 2.33 bits per heavy atom. The van der Waals surface area contributed by atoms with Gasteiger partial charge in [0.2, 0.25) is 0 Å². The quantitative estimate of drug-likeness (QED) is 0.690. The fourth-order valence-corrected chi connectivity index (χ4v) is 2.71. The van der Waals surface area contributed by atoms with Crippen molar-refractivity contribution >= 4 is 16.9 Å². The molecule has 0 unspecified atom stereocenters. The number of aromatic carboxylic acids is 1. The van der Waals surface area contributed by atoms with Crippen molar-refractivity contribution in [3.05, 3.63) is 65.4 Å². The van der Waals surface area contributed by atoms with E-state index in [2.05, 4.69) is 11.5 Å². The minimum atomic E-state index is -0.879. The fourth-order valence-electron chi connectivity index (χ4n) is 2.71. The number of nitrogens with zero attached hydrogens (tertiary/aromatic N) is 1. The number of benzene rings is 2. The zero-order chi connectivity index (χ0) is 17.7. The molecule has 0 bridgehead atoms. The van der Waals surface area contributed by atoms with E-state index >= 15 is 0 Å². The Morgan fingerprint density at radius 2 is 1.79 bits per heavy atom. The van der Waals surface area contributed by atoms with Gasteiger partial charge in [-0.2, -0.15) is 0 Å². The number of carboxylic acids is 1. The zero-order valence-electron chi connectivity index (χ0n) is 13.9. The molecule has 0 radical (unpaired) electrons. The molecular weight excluding hydrogens is 304 g/mol. The maximum Gasteiger partial charge on any atom is 0.335 e. The zero-order valence-corrected chi connectivity index (χ0v) is 13.9. The molecule has 0 saturated carbocycles. The Hall–Kier alpha value is -2.79. The van der Waals surface area contributed by atoms with Crippen LogP contribution in [0.15, 0.2) is 48.5 Å². The van der Waals surface area contributed by atoms with E-state index < -0.39 is 5.97 Å². The maximum atomic E-state index is 10.2. The molecule has 3 rings (SSSR count). The second-order valence-corrected chi connectivity index (χ2v) is 5.50. The summed E-state index contributed by atoms with van der Waals surface area (Å²) in [5.41, 5.74) is 9.32. The molecule has 24 heavy (non-hydrogen) atoms. The summed E-state index contributed by atoms with van der Waals surface area (Å²) in [7, 11) is 2.01. The van der Waals surface area contributed by atoms with Gasteiger partial charge in [0, 0.05) is 18.1 Å². The highest BCUT2D eigenvalue weighted by molar-refractivity contribution is 5.91. The molecule has 0 aliphatic carbocycles. The van der Waals surface area contributed by atoms with Crippen LogP contribution in [0.4, 0.5) is 0 Å². The summed E-state index contributed by atoms with van der Waals surface area (Å²) in [4.78, 5) is 10.2. The first-order valence-electron chi connectivity index (χ1n) is 7.71. The van der Waals surface area contributed by atoms with Crippen LogP contribution in [-0.2, 0) is 13.5 Å². The van der Waals surface area contributed by atoms with Gasteiger partial charge in [0.25, 0.3) is 0 Å². The van der Waals surface area contributed by atoms with Gasteiger partial charge in [-0.15, -0.1) is 0 Å². The number of phenols is 1. The number of fused-ring (bicyclic) bond motifs is 1. The number of carbonyl (C=O) groups is 1. The lowest BCUT2D eigenvalue weighted by Gasteiger charge is -2.00. The summed E-state index contributed by atoms with van der Waals surface area (Å²) >= 11 is 0. The molecule has 5 heteroatoms. The first-order valence-corrected chi connectivity index (χ1v) is 7.71. The van der Waals surface area contributed by atoms with Crippen LogP contribution in [0.1, 0.15) is 21.6 Å². The van der Waals surface area contributed by atoms with Crippen molar-refractivity contribution in [1.29, 1.82) is 0 Å². The Morgan fingerprint density at radius 1 is 1.12 bits per heavy atom. The number of hydrogen-bond donors (Lipinski definition) is 3. The molecule has 0 aliphatic heterocycles. The number of aryl methyl sites for hydroxylation is 1. The van der Waals surface area contributed by atoms with E-state index in [9.17, 15) is 9.90 Å². The smallest absolute Gasteiger partial charge is 0.335 e. The summed E-state index contributed by atoms with van der Waals surface area (Å²) in [6.07, 6.45) is 0.806. The molecule has 0 aliphatic rings. The lowest BCUT2D eigenvalue weighted by atomic mass is 10.1. The van der Waals surface area contributed by atoms with Gasteiger partial charge < -0.3 is 20.5 Å². The van der Waals surface area contributed by atoms with Crippen LogP contribution in [0.2, 0.25) is 0 Å². The van der Waals surface area contributed by atoms with Crippen molar-refractivity contribution in [3.63, 3.8) is 0 Å². The monoisotopic (exact) mass is 326 g/mol. The van der Waals surface area contributed by atoms with Crippen LogP contribution in [0.25, 0.3) is 10.9 Å². The standard InChI is InChI=1S/C12H16N2O.C7H6O2/c1-8-9(6-7-13)12-10(14(8)2)4-3-5-11(12)15;8-7(9)6-4-2-1-3-5-6/h3-5,15H,6-7,13H2,1-2H3;1-5H,(H,8,9). The topological polar surface area (TPSA) is 88.5 Å². The number of hydrogen-bond acceptors (Lipinski definition) is 3. The van der Waals surface area contributed by atoms with Gasteiger partial charge in [-0.05, 0) is 49.7 Å². The highest BCUT2D eigenvalue weighted by Gasteiger charge is 2.13. The molecule has 1 heterocycles. The van der Waals surface area contributed by atoms with Crippen molar-refractivity contribution in [2.75, 3.05) is 6.54 Å². The summed E-state index contributed by atoms with van der Waals surface area (Å²) < 4.78 is 2.10. The molecule has 3 aromatic rings. The molecule has 126 valence electrons. The van der Waals surface area contributed by atoms with Crippen LogP contribution in [0.5, 0.6) is 5.75 Å². The minimum absolute atomic E-state index is 0.331. The number of nitrogens with two attached hydrogens (primary N) is 1. The van der Waals surface area contributed by atoms with Gasteiger partial charge in [-0.1, -0.05) is 24.3 Å². The Kier molecular flexibility index (Phi) is 5.60. The van der Waals surface area contributed by atoms with Crippen molar-refractivity contribution in [1.82, 2.24) is 4.57 Å². The highest BCUT2D eigenvalue weighted by atomic mass is 16.4. The average Bonchev–Trinajstić information content (AvgIpc) is 2.83. The first-order chi connectivity index (χ1) is 11.5. The van der Waals surface area contributed by atoms with Crippen LogP contribution < -0.4 is 5.73 Å². The van der Waals surface area contributed by atoms with Gasteiger partial charge in [0.1, 0.15) is 5.75 Å². The maximum absolute atomic E-state index is 10.2. The third kappa shape index (κ3) is 3.58.